The predicted molar refractivity (Wildman–Crippen MR) is 126 cm³/mol. The molecular formula is C24H30N4OS. The first kappa shape index (κ1) is 21.8. The first-order valence-electron chi connectivity index (χ1n) is 10.4. The van der Waals surface area contributed by atoms with Gasteiger partial charge in [-0.05, 0) is 47.9 Å². The van der Waals surface area contributed by atoms with Crippen LogP contribution in [0.25, 0.3) is 0 Å². The molecule has 0 aliphatic carbocycles. The van der Waals surface area contributed by atoms with Gasteiger partial charge in [-0.25, -0.2) is 4.99 Å². The molecule has 30 heavy (non-hydrogen) atoms. The zero-order valence-electron chi connectivity index (χ0n) is 17.7. The maximum Gasteiger partial charge on any atom is 0.250 e. The van der Waals surface area contributed by atoms with Crippen molar-refractivity contribution < 1.29 is 0 Å². The molecule has 0 saturated carbocycles. The number of rotatable bonds is 9. The quantitative estimate of drug-likeness (QED) is 0.406. The Kier molecular flexibility index (Phi) is 8.27. The van der Waals surface area contributed by atoms with Crippen LogP contribution in [-0.2, 0) is 19.5 Å². The van der Waals surface area contributed by atoms with Gasteiger partial charge < -0.3 is 15.2 Å². The molecule has 0 fully saturated rings. The lowest BCUT2D eigenvalue weighted by molar-refractivity contribution is 0.562. The van der Waals surface area contributed by atoms with Crippen LogP contribution in [0.4, 0.5) is 0 Å². The van der Waals surface area contributed by atoms with E-state index in [1.807, 2.05) is 23.6 Å². The molecule has 0 radical (unpaired) electrons. The lowest BCUT2D eigenvalue weighted by Gasteiger charge is -2.15. The van der Waals surface area contributed by atoms with Gasteiger partial charge in [0.25, 0.3) is 5.56 Å². The summed E-state index contributed by atoms with van der Waals surface area (Å²) in [5.41, 5.74) is 2.26. The topological polar surface area (TPSA) is 58.4 Å². The Balaban J connectivity index is 1.53. The Bertz CT molecular complexity index is 977. The van der Waals surface area contributed by atoms with Crippen LogP contribution in [0.2, 0.25) is 0 Å². The fraction of sp³-hybridized carbons (Fsp3) is 0.333. The summed E-state index contributed by atoms with van der Waals surface area (Å²) >= 11 is 1.81. The second-order valence-electron chi connectivity index (χ2n) is 7.45. The number of nitrogens with zero attached hydrogens (tertiary/aromatic N) is 2. The molecule has 3 rings (SSSR count). The number of nitrogens with one attached hydrogen (secondary N) is 2. The van der Waals surface area contributed by atoms with Crippen LogP contribution in [0.3, 0.4) is 0 Å². The molecule has 2 heterocycles. The molecule has 2 N–H and O–H groups in total. The number of aromatic nitrogens is 1. The Morgan fingerprint density at radius 1 is 1.07 bits per heavy atom. The average molecular weight is 423 g/mol. The first-order chi connectivity index (χ1) is 14.6. The second kappa shape index (κ2) is 11.4. The van der Waals surface area contributed by atoms with Gasteiger partial charge in [0.2, 0.25) is 0 Å². The van der Waals surface area contributed by atoms with Crippen molar-refractivity contribution in [1.82, 2.24) is 15.2 Å². The predicted octanol–water partition coefficient (Wildman–Crippen LogP) is 3.89. The van der Waals surface area contributed by atoms with Gasteiger partial charge in [-0.15, -0.1) is 11.3 Å². The minimum Gasteiger partial charge on any atom is -0.357 e. The van der Waals surface area contributed by atoms with E-state index in [4.69, 9.17) is 4.99 Å². The maximum absolute atomic E-state index is 11.9. The normalized spacial score (nSPS) is 12.5. The third kappa shape index (κ3) is 6.88. The number of guanidine groups is 1. The van der Waals surface area contributed by atoms with E-state index in [1.54, 1.807) is 16.7 Å². The molecule has 5 nitrogen and oxygen atoms in total. The van der Waals surface area contributed by atoms with E-state index in [2.05, 4.69) is 66.3 Å². The van der Waals surface area contributed by atoms with E-state index >= 15 is 0 Å². The Hall–Kier alpha value is -2.86. The Morgan fingerprint density at radius 3 is 2.57 bits per heavy atom. The standard InChI is InChI=1S/C24H30N4OS/c1-3-25-24(26-16-19(2)15-22-7-6-14-30-22)27-17-20-9-11-21(12-10-20)18-28-13-5-4-8-23(28)29/h4-14,19H,3,15-18H2,1-2H3,(H2,25,26,27). The minimum atomic E-state index is 0.0147. The molecule has 158 valence electrons. The first-order valence-corrected chi connectivity index (χ1v) is 11.3. The van der Waals surface area contributed by atoms with Crippen LogP contribution in [-0.4, -0.2) is 23.6 Å². The van der Waals surface area contributed by atoms with Gasteiger partial charge in [-0.2, -0.15) is 0 Å². The summed E-state index contributed by atoms with van der Waals surface area (Å²) in [6, 6.07) is 17.8. The molecule has 0 bridgehead atoms. The lowest BCUT2D eigenvalue weighted by Crippen LogP contribution is -2.39. The largest absolute Gasteiger partial charge is 0.357 e. The van der Waals surface area contributed by atoms with Crippen LogP contribution in [0.5, 0.6) is 0 Å². The molecular weight excluding hydrogens is 392 g/mol. The van der Waals surface area contributed by atoms with Crippen molar-refractivity contribution in [3.8, 4) is 0 Å². The molecule has 0 spiro atoms. The Labute approximate surface area is 182 Å². The summed E-state index contributed by atoms with van der Waals surface area (Å²) in [6.07, 6.45) is 2.89. The van der Waals surface area contributed by atoms with Crippen LogP contribution in [0, 0.1) is 5.92 Å². The molecule has 1 atom stereocenters. The van der Waals surface area contributed by atoms with Crippen molar-refractivity contribution in [2.75, 3.05) is 13.1 Å². The molecule has 0 amide bonds. The van der Waals surface area contributed by atoms with Gasteiger partial charge in [0.05, 0.1) is 13.1 Å². The number of hydrogen-bond acceptors (Lipinski definition) is 3. The highest BCUT2D eigenvalue weighted by Crippen LogP contribution is 2.13. The zero-order chi connectivity index (χ0) is 21.2. The summed E-state index contributed by atoms with van der Waals surface area (Å²) in [6.45, 7) is 7.24. The van der Waals surface area contributed by atoms with Gasteiger partial charge in [0, 0.05) is 30.2 Å². The maximum atomic E-state index is 11.9. The van der Waals surface area contributed by atoms with E-state index in [-0.39, 0.29) is 5.56 Å². The van der Waals surface area contributed by atoms with Gasteiger partial charge in [-0.1, -0.05) is 43.3 Å². The highest BCUT2D eigenvalue weighted by Gasteiger charge is 2.06. The third-order valence-corrected chi connectivity index (χ3v) is 5.69. The van der Waals surface area contributed by atoms with Gasteiger partial charge in [0.1, 0.15) is 0 Å². The van der Waals surface area contributed by atoms with Crippen molar-refractivity contribution in [3.63, 3.8) is 0 Å². The van der Waals surface area contributed by atoms with E-state index in [0.717, 1.165) is 36.6 Å². The fourth-order valence-corrected chi connectivity index (χ4v) is 4.04. The minimum absolute atomic E-state index is 0.0147. The number of thiophene rings is 1. The molecule has 0 aliphatic heterocycles. The van der Waals surface area contributed by atoms with Crippen LogP contribution in [0.1, 0.15) is 29.9 Å². The number of pyridine rings is 1. The van der Waals surface area contributed by atoms with Crippen molar-refractivity contribution in [2.45, 2.75) is 33.4 Å². The van der Waals surface area contributed by atoms with E-state index in [1.165, 1.54) is 4.88 Å². The SMILES string of the molecule is CCNC(=NCc1ccc(Cn2ccccc2=O)cc1)NCC(C)Cc1cccs1. The van der Waals surface area contributed by atoms with E-state index in [9.17, 15) is 4.79 Å². The van der Waals surface area contributed by atoms with Gasteiger partial charge in [0.15, 0.2) is 5.96 Å². The highest BCUT2D eigenvalue weighted by atomic mass is 32.1. The summed E-state index contributed by atoms with van der Waals surface area (Å²) < 4.78 is 1.71. The summed E-state index contributed by atoms with van der Waals surface area (Å²) in [5, 5.41) is 8.91. The molecule has 2 aromatic heterocycles. The summed E-state index contributed by atoms with van der Waals surface area (Å²) in [4.78, 5) is 18.0. The third-order valence-electron chi connectivity index (χ3n) is 4.79. The van der Waals surface area contributed by atoms with Crippen molar-refractivity contribution in [3.05, 3.63) is 92.5 Å². The van der Waals surface area contributed by atoms with E-state index in [0.29, 0.717) is 19.0 Å². The molecule has 6 heteroatoms. The van der Waals surface area contributed by atoms with Crippen molar-refractivity contribution in [2.24, 2.45) is 10.9 Å². The molecule has 0 aliphatic rings. The van der Waals surface area contributed by atoms with Crippen molar-refractivity contribution in [1.29, 1.82) is 0 Å². The average Bonchev–Trinajstić information content (AvgIpc) is 3.26. The van der Waals surface area contributed by atoms with Crippen LogP contribution >= 0.6 is 11.3 Å². The number of aliphatic imine (C=N–C) groups is 1. The van der Waals surface area contributed by atoms with Gasteiger partial charge >= 0.3 is 0 Å². The van der Waals surface area contributed by atoms with E-state index < -0.39 is 0 Å². The van der Waals surface area contributed by atoms with Crippen LogP contribution in [0.15, 0.2) is 76.0 Å². The molecule has 1 unspecified atom stereocenters. The lowest BCUT2D eigenvalue weighted by atomic mass is 10.1. The molecule has 1 aromatic carbocycles. The molecule has 0 saturated heterocycles. The molecule has 3 aromatic rings. The van der Waals surface area contributed by atoms with Crippen molar-refractivity contribution >= 4 is 17.3 Å². The second-order valence-corrected chi connectivity index (χ2v) is 8.48. The zero-order valence-corrected chi connectivity index (χ0v) is 18.5. The smallest absolute Gasteiger partial charge is 0.250 e. The van der Waals surface area contributed by atoms with Crippen LogP contribution < -0.4 is 16.2 Å². The fourth-order valence-electron chi connectivity index (χ4n) is 3.17. The number of benzene rings is 1. The van der Waals surface area contributed by atoms with Gasteiger partial charge in [-0.3, -0.25) is 4.79 Å². The summed E-state index contributed by atoms with van der Waals surface area (Å²) in [5.74, 6) is 1.38. The Morgan fingerprint density at radius 2 is 1.87 bits per heavy atom. The number of hydrogen-bond donors (Lipinski definition) is 2. The summed E-state index contributed by atoms with van der Waals surface area (Å²) in [7, 11) is 0. The highest BCUT2D eigenvalue weighted by molar-refractivity contribution is 7.09. The monoisotopic (exact) mass is 422 g/mol.